The number of hydrogen-bond acceptors (Lipinski definition) is 1. The maximum Gasteiger partial charge on any atom is 0.00170 e. The lowest BCUT2D eigenvalue weighted by Gasteiger charge is -2.03. The van der Waals surface area contributed by atoms with E-state index in [1.807, 2.05) is 24.3 Å². The van der Waals surface area contributed by atoms with Crippen LogP contribution in [0.1, 0.15) is 61.2 Å². The molecule has 6 rings (SSSR count). The van der Waals surface area contributed by atoms with Crippen LogP contribution in [-0.4, -0.2) is 0 Å². The molecule has 1 heterocycles. The molecule has 230 valence electrons. The molecule has 0 saturated heterocycles. The van der Waals surface area contributed by atoms with Gasteiger partial charge in [-0.25, -0.2) is 0 Å². The summed E-state index contributed by atoms with van der Waals surface area (Å²) in [5.41, 5.74) is 10.4. The van der Waals surface area contributed by atoms with Crippen LogP contribution in [-0.2, 0) is 0 Å². The summed E-state index contributed by atoms with van der Waals surface area (Å²) in [6.45, 7) is 16.9. The first-order valence-corrected chi connectivity index (χ1v) is 16.4. The van der Waals surface area contributed by atoms with Gasteiger partial charge in [0.05, 0.1) is 0 Å². The lowest BCUT2D eigenvalue weighted by Crippen LogP contribution is -1.80. The van der Waals surface area contributed by atoms with Gasteiger partial charge >= 0.3 is 0 Å². The number of hydrogen-bond donors (Lipinski definition) is 0. The first-order chi connectivity index (χ1) is 21.6. The first kappa shape index (κ1) is 35.0. The summed E-state index contributed by atoms with van der Waals surface area (Å²) >= 11 is 1.84. The molecule has 0 aliphatic heterocycles. The summed E-state index contributed by atoms with van der Waals surface area (Å²) in [6.07, 6.45) is 8.43. The van der Waals surface area contributed by atoms with Crippen molar-refractivity contribution >= 4 is 40.3 Å². The smallest absolute Gasteiger partial charge is 0.00170 e. The SMILES string of the molecule is CC=Cc1ccc(C)cc1.Cc1ccc(C)c2ccccc12.Cc1ccc(C)s1.Cc1ccc(C=Cc2ccc(C)cc2)cc1. The maximum atomic E-state index is 2.18. The molecule has 1 aromatic heterocycles. The average molecular weight is 609 g/mol. The van der Waals surface area contributed by atoms with Gasteiger partial charge in [0.2, 0.25) is 0 Å². The van der Waals surface area contributed by atoms with E-state index < -0.39 is 0 Å². The molecule has 0 bridgehead atoms. The summed E-state index contributed by atoms with van der Waals surface area (Å²) in [7, 11) is 0. The van der Waals surface area contributed by atoms with E-state index in [4.69, 9.17) is 0 Å². The molecule has 0 unspecified atom stereocenters. The van der Waals surface area contributed by atoms with Crippen molar-refractivity contribution in [3.63, 3.8) is 0 Å². The quantitative estimate of drug-likeness (QED) is 0.175. The minimum atomic E-state index is 1.24. The zero-order valence-electron chi connectivity index (χ0n) is 28.3. The van der Waals surface area contributed by atoms with Crippen molar-refractivity contribution in [2.24, 2.45) is 0 Å². The molecule has 0 saturated carbocycles. The molecular weight excluding hydrogens is 561 g/mol. The second-order valence-corrected chi connectivity index (χ2v) is 13.0. The van der Waals surface area contributed by atoms with Crippen molar-refractivity contribution in [2.45, 2.75) is 55.4 Å². The van der Waals surface area contributed by atoms with Crippen LogP contribution >= 0.6 is 11.3 Å². The predicted molar refractivity (Wildman–Crippen MR) is 204 cm³/mol. The third-order valence-electron chi connectivity index (χ3n) is 7.29. The number of fused-ring (bicyclic) bond motifs is 1. The van der Waals surface area contributed by atoms with E-state index in [1.54, 1.807) is 0 Å². The molecule has 0 amide bonds. The molecule has 0 radical (unpaired) electrons. The largest absolute Gasteiger partial charge is 0.146 e. The van der Waals surface area contributed by atoms with E-state index >= 15 is 0 Å². The second-order valence-electron chi connectivity index (χ2n) is 11.5. The fourth-order valence-corrected chi connectivity index (χ4v) is 5.35. The molecular formula is C44H48S. The van der Waals surface area contributed by atoms with Crippen molar-refractivity contribution in [2.75, 3.05) is 0 Å². The summed E-state index contributed by atoms with van der Waals surface area (Å²) in [6, 6.07) is 42.7. The molecule has 45 heavy (non-hydrogen) atoms. The van der Waals surface area contributed by atoms with Gasteiger partial charge in [-0.15, -0.1) is 11.3 Å². The number of allylic oxidation sites excluding steroid dienone is 1. The van der Waals surface area contributed by atoms with Gasteiger partial charge in [0.25, 0.3) is 0 Å². The molecule has 0 atom stereocenters. The minimum absolute atomic E-state index is 1.24. The third-order valence-corrected chi connectivity index (χ3v) is 8.21. The van der Waals surface area contributed by atoms with Gasteiger partial charge in [0.1, 0.15) is 0 Å². The Morgan fingerprint density at radius 3 is 1.00 bits per heavy atom. The lowest BCUT2D eigenvalue weighted by atomic mass is 10.0. The number of thiophene rings is 1. The molecule has 6 aromatic rings. The van der Waals surface area contributed by atoms with Crippen LogP contribution in [0.25, 0.3) is 29.0 Å². The summed E-state index contributed by atoms with van der Waals surface area (Å²) < 4.78 is 0. The summed E-state index contributed by atoms with van der Waals surface area (Å²) in [4.78, 5) is 2.80. The zero-order chi connectivity index (χ0) is 32.6. The van der Waals surface area contributed by atoms with Crippen LogP contribution in [0.4, 0.5) is 0 Å². The highest BCUT2D eigenvalue weighted by atomic mass is 32.1. The monoisotopic (exact) mass is 608 g/mol. The van der Waals surface area contributed by atoms with Gasteiger partial charge in [-0.1, -0.05) is 150 Å². The average Bonchev–Trinajstić information content (AvgIpc) is 3.44. The Balaban J connectivity index is 0.000000170. The molecule has 1 heteroatoms. The topological polar surface area (TPSA) is 0 Å². The van der Waals surface area contributed by atoms with Crippen LogP contribution in [0, 0.1) is 48.5 Å². The fraction of sp³-hybridized carbons (Fsp3) is 0.182. The summed E-state index contributed by atoms with van der Waals surface area (Å²) in [5, 5.41) is 2.75. The number of rotatable bonds is 3. The van der Waals surface area contributed by atoms with Crippen molar-refractivity contribution in [3.05, 3.63) is 182 Å². The maximum absolute atomic E-state index is 2.18. The highest BCUT2D eigenvalue weighted by Gasteiger charge is 1.97. The third kappa shape index (κ3) is 12.6. The predicted octanol–water partition coefficient (Wildman–Crippen LogP) is 13.3. The van der Waals surface area contributed by atoms with Crippen molar-refractivity contribution < 1.29 is 0 Å². The molecule has 0 fully saturated rings. The van der Waals surface area contributed by atoms with Crippen LogP contribution in [0.2, 0.25) is 0 Å². The highest BCUT2D eigenvalue weighted by Crippen LogP contribution is 2.21. The minimum Gasteiger partial charge on any atom is -0.146 e. The molecule has 0 spiro atoms. The standard InChI is InChI=1S/C16H16.C12H12.C10H12.C6H8S/c1-13-3-7-15(8-4-13)11-12-16-9-5-14(2)6-10-16;1-9-7-8-10(2)12-6-4-3-5-11(9)12;1-3-4-10-7-5-9(2)6-8-10;1-5-3-4-6(2)7-5/h3-12H,1-2H3;3-8H,1-2H3;3-8H,1-2H3;3-4H,1-2H3. The Morgan fingerprint density at radius 2 is 0.711 bits per heavy atom. The normalized spacial score (nSPS) is 10.5. The Bertz CT molecular complexity index is 1670. The van der Waals surface area contributed by atoms with E-state index in [-0.39, 0.29) is 0 Å². The number of benzene rings is 5. The molecule has 0 aliphatic rings. The van der Waals surface area contributed by atoms with Crippen LogP contribution < -0.4 is 0 Å². The van der Waals surface area contributed by atoms with Crippen molar-refractivity contribution in [1.29, 1.82) is 0 Å². The van der Waals surface area contributed by atoms with Crippen LogP contribution in [0.5, 0.6) is 0 Å². The first-order valence-electron chi connectivity index (χ1n) is 15.6. The van der Waals surface area contributed by atoms with Gasteiger partial charge in [-0.05, 0) is 106 Å². The molecule has 0 aliphatic carbocycles. The van der Waals surface area contributed by atoms with Gasteiger partial charge < -0.3 is 0 Å². The summed E-state index contributed by atoms with van der Waals surface area (Å²) in [5.74, 6) is 0. The van der Waals surface area contributed by atoms with E-state index in [0.29, 0.717) is 0 Å². The van der Waals surface area contributed by atoms with Gasteiger partial charge in [-0.3, -0.25) is 0 Å². The van der Waals surface area contributed by atoms with Gasteiger partial charge in [0.15, 0.2) is 0 Å². The molecule has 5 aromatic carbocycles. The van der Waals surface area contributed by atoms with E-state index in [2.05, 4.69) is 188 Å². The Kier molecular flexibility index (Phi) is 14.3. The highest BCUT2D eigenvalue weighted by molar-refractivity contribution is 7.11. The van der Waals surface area contributed by atoms with Gasteiger partial charge in [0, 0.05) is 9.75 Å². The van der Waals surface area contributed by atoms with Crippen LogP contribution in [0.15, 0.2) is 127 Å². The van der Waals surface area contributed by atoms with Crippen molar-refractivity contribution in [1.82, 2.24) is 0 Å². The Hall–Kier alpha value is -4.46. The van der Waals surface area contributed by atoms with E-state index in [0.717, 1.165) is 0 Å². The lowest BCUT2D eigenvalue weighted by molar-refractivity contribution is 1.46. The molecule has 0 nitrogen and oxygen atoms in total. The van der Waals surface area contributed by atoms with Crippen LogP contribution in [0.3, 0.4) is 0 Å². The second kappa shape index (κ2) is 18.4. The van der Waals surface area contributed by atoms with Crippen molar-refractivity contribution in [3.8, 4) is 0 Å². The van der Waals surface area contributed by atoms with E-state index in [1.165, 1.54) is 65.0 Å². The van der Waals surface area contributed by atoms with E-state index in [9.17, 15) is 0 Å². The zero-order valence-corrected chi connectivity index (χ0v) is 29.1. The Morgan fingerprint density at radius 1 is 0.378 bits per heavy atom. The fourth-order valence-electron chi connectivity index (χ4n) is 4.57. The van der Waals surface area contributed by atoms with Gasteiger partial charge in [-0.2, -0.15) is 0 Å². The molecule has 0 N–H and O–H groups in total. The Labute approximate surface area is 276 Å². The number of aryl methyl sites for hydroxylation is 7.